The summed E-state index contributed by atoms with van der Waals surface area (Å²) >= 11 is 0. The lowest BCUT2D eigenvalue weighted by Crippen LogP contribution is -2.46. The summed E-state index contributed by atoms with van der Waals surface area (Å²) in [5, 5.41) is 9.66. The van der Waals surface area contributed by atoms with Gasteiger partial charge in [-0.1, -0.05) is 13.3 Å². The van der Waals surface area contributed by atoms with Crippen LogP contribution in [-0.4, -0.2) is 40.8 Å². The van der Waals surface area contributed by atoms with Gasteiger partial charge in [-0.2, -0.15) is 0 Å². The second-order valence-electron chi connectivity index (χ2n) is 4.86. The molecular weight excluding hydrogens is 280 g/mol. The van der Waals surface area contributed by atoms with Crippen LogP contribution in [0.2, 0.25) is 0 Å². The van der Waals surface area contributed by atoms with Gasteiger partial charge in [0.15, 0.2) is 5.78 Å². The van der Waals surface area contributed by atoms with Crippen LogP contribution in [-0.2, 0) is 28.7 Å². The molecule has 1 atom stereocenters. The molecule has 0 saturated carbocycles. The molecule has 0 saturated heterocycles. The molecule has 0 amide bonds. The van der Waals surface area contributed by atoms with Crippen molar-refractivity contribution in [2.45, 2.75) is 45.6 Å². The summed E-state index contributed by atoms with van der Waals surface area (Å²) in [7, 11) is 0. The molecule has 21 heavy (non-hydrogen) atoms. The van der Waals surface area contributed by atoms with Crippen molar-refractivity contribution in [3.05, 3.63) is 11.3 Å². The minimum absolute atomic E-state index is 0.0679. The second kappa shape index (κ2) is 6.51. The molecule has 1 heterocycles. The first kappa shape index (κ1) is 16.9. The number of ether oxygens (including phenoxy) is 2. The Kier molecular flexibility index (Phi) is 5.23. The number of esters is 2. The van der Waals surface area contributed by atoms with Gasteiger partial charge in [-0.05, 0) is 20.3 Å². The third-order valence-corrected chi connectivity index (χ3v) is 3.01. The summed E-state index contributed by atoms with van der Waals surface area (Å²) < 4.78 is 9.84. The van der Waals surface area contributed by atoms with Crippen LogP contribution in [0.3, 0.4) is 0 Å². The van der Waals surface area contributed by atoms with Crippen LogP contribution in [0.25, 0.3) is 0 Å². The SMILES string of the molecule is CCCCOC(=O)C1(CC(C)=O)OC(=O)C(O)=C1C(C)=O. The van der Waals surface area contributed by atoms with Crippen LogP contribution in [0.15, 0.2) is 11.3 Å². The standard InChI is InChI=1S/C14H18O7/c1-4-5-6-20-13(19)14(7-8(2)15)10(9(3)16)11(17)12(18)21-14/h17H,4-7H2,1-3H3. The highest BCUT2D eigenvalue weighted by molar-refractivity contribution is 6.13. The third kappa shape index (κ3) is 3.29. The zero-order valence-corrected chi connectivity index (χ0v) is 12.2. The van der Waals surface area contributed by atoms with E-state index in [4.69, 9.17) is 9.47 Å². The summed E-state index contributed by atoms with van der Waals surface area (Å²) in [6.07, 6.45) is 0.803. The quantitative estimate of drug-likeness (QED) is 0.552. The first-order valence-electron chi connectivity index (χ1n) is 6.61. The van der Waals surface area contributed by atoms with Crippen molar-refractivity contribution in [1.29, 1.82) is 0 Å². The lowest BCUT2D eigenvalue weighted by molar-refractivity contribution is -0.175. The van der Waals surface area contributed by atoms with Crippen molar-refractivity contribution < 1.29 is 33.8 Å². The Labute approximate surface area is 121 Å². The van der Waals surface area contributed by atoms with Crippen LogP contribution in [0.5, 0.6) is 0 Å². The van der Waals surface area contributed by atoms with E-state index in [0.717, 1.165) is 13.3 Å². The molecular formula is C14H18O7. The smallest absolute Gasteiger partial charge is 0.375 e. The molecule has 0 aromatic heterocycles. The molecule has 1 rings (SSSR count). The Balaban J connectivity index is 3.22. The van der Waals surface area contributed by atoms with Crippen molar-refractivity contribution in [2.75, 3.05) is 6.61 Å². The van der Waals surface area contributed by atoms with Crippen molar-refractivity contribution in [3.63, 3.8) is 0 Å². The van der Waals surface area contributed by atoms with Crippen molar-refractivity contribution in [1.82, 2.24) is 0 Å². The number of Topliss-reactive ketones (excluding diaryl/α,β-unsaturated/α-hetero) is 2. The van der Waals surface area contributed by atoms with E-state index < -0.39 is 46.9 Å². The molecule has 0 bridgehead atoms. The predicted molar refractivity (Wildman–Crippen MR) is 70.3 cm³/mol. The van der Waals surface area contributed by atoms with Crippen LogP contribution < -0.4 is 0 Å². The number of carbonyl (C=O) groups is 4. The summed E-state index contributed by atoms with van der Waals surface area (Å²) in [5.41, 5.74) is -2.70. The fourth-order valence-electron chi connectivity index (χ4n) is 2.12. The summed E-state index contributed by atoms with van der Waals surface area (Å²) in [6.45, 7) is 4.21. The number of aliphatic hydroxyl groups excluding tert-OH is 1. The monoisotopic (exact) mass is 298 g/mol. The van der Waals surface area contributed by atoms with E-state index >= 15 is 0 Å². The number of hydrogen-bond acceptors (Lipinski definition) is 7. The van der Waals surface area contributed by atoms with Crippen molar-refractivity contribution >= 4 is 23.5 Å². The minimum atomic E-state index is -2.17. The van der Waals surface area contributed by atoms with Crippen molar-refractivity contribution in [2.24, 2.45) is 0 Å². The number of unbranched alkanes of at least 4 members (excludes halogenated alkanes) is 1. The number of ketones is 2. The molecule has 0 radical (unpaired) electrons. The minimum Gasteiger partial charge on any atom is -0.501 e. The van der Waals surface area contributed by atoms with Gasteiger partial charge >= 0.3 is 11.9 Å². The van der Waals surface area contributed by atoms with Gasteiger partial charge < -0.3 is 14.6 Å². The Morgan fingerprint density at radius 2 is 1.90 bits per heavy atom. The zero-order chi connectivity index (χ0) is 16.2. The van der Waals surface area contributed by atoms with E-state index in [1.807, 2.05) is 6.92 Å². The van der Waals surface area contributed by atoms with Crippen LogP contribution >= 0.6 is 0 Å². The topological polar surface area (TPSA) is 107 Å². The second-order valence-corrected chi connectivity index (χ2v) is 4.86. The van der Waals surface area contributed by atoms with Gasteiger partial charge in [0.05, 0.1) is 18.6 Å². The summed E-state index contributed by atoms with van der Waals surface area (Å²) in [6, 6.07) is 0. The molecule has 1 aliphatic heterocycles. The lowest BCUT2D eigenvalue weighted by Gasteiger charge is -2.26. The maximum Gasteiger partial charge on any atom is 0.375 e. The number of carbonyl (C=O) groups excluding carboxylic acids is 4. The lowest BCUT2D eigenvalue weighted by atomic mass is 9.86. The highest BCUT2D eigenvalue weighted by Crippen LogP contribution is 2.37. The van der Waals surface area contributed by atoms with Gasteiger partial charge in [-0.25, -0.2) is 9.59 Å². The normalized spacial score (nSPS) is 21.2. The fraction of sp³-hybridized carbons (Fsp3) is 0.571. The molecule has 0 aromatic rings. The first-order valence-corrected chi connectivity index (χ1v) is 6.61. The van der Waals surface area contributed by atoms with E-state index in [1.165, 1.54) is 6.92 Å². The molecule has 0 spiro atoms. The molecule has 1 unspecified atom stereocenters. The van der Waals surface area contributed by atoms with E-state index in [9.17, 15) is 24.3 Å². The number of rotatable bonds is 7. The maximum atomic E-state index is 12.2. The van der Waals surface area contributed by atoms with Gasteiger partial charge in [0.25, 0.3) is 0 Å². The molecule has 7 nitrogen and oxygen atoms in total. The molecule has 116 valence electrons. The summed E-state index contributed by atoms with van der Waals surface area (Å²) in [5.74, 6) is -4.39. The molecule has 0 fully saturated rings. The zero-order valence-electron chi connectivity index (χ0n) is 12.2. The van der Waals surface area contributed by atoms with E-state index in [-0.39, 0.29) is 6.61 Å². The van der Waals surface area contributed by atoms with Crippen molar-refractivity contribution in [3.8, 4) is 0 Å². The van der Waals surface area contributed by atoms with Gasteiger partial charge in [-0.15, -0.1) is 0 Å². The average molecular weight is 298 g/mol. The molecule has 0 aliphatic carbocycles. The van der Waals surface area contributed by atoms with Crippen LogP contribution in [0.4, 0.5) is 0 Å². The predicted octanol–water partition coefficient (Wildman–Crippen LogP) is 1.01. The number of cyclic esters (lactones) is 1. The van der Waals surface area contributed by atoms with Gasteiger partial charge in [0.2, 0.25) is 11.4 Å². The van der Waals surface area contributed by atoms with E-state index in [0.29, 0.717) is 6.42 Å². The highest BCUT2D eigenvalue weighted by atomic mass is 16.6. The average Bonchev–Trinajstić information content (AvgIpc) is 2.61. The maximum absolute atomic E-state index is 12.2. The Hall–Kier alpha value is -2.18. The highest BCUT2D eigenvalue weighted by Gasteiger charge is 2.57. The molecule has 1 N–H and O–H groups in total. The van der Waals surface area contributed by atoms with Gasteiger partial charge in [-0.3, -0.25) is 9.59 Å². The summed E-state index contributed by atoms with van der Waals surface area (Å²) in [4.78, 5) is 46.8. The molecule has 7 heteroatoms. The number of aliphatic hydroxyl groups is 1. The fourth-order valence-corrected chi connectivity index (χ4v) is 2.12. The van der Waals surface area contributed by atoms with Gasteiger partial charge in [0.1, 0.15) is 5.78 Å². The molecule has 0 aromatic carbocycles. The first-order chi connectivity index (χ1) is 9.76. The largest absolute Gasteiger partial charge is 0.501 e. The Morgan fingerprint density at radius 3 is 2.38 bits per heavy atom. The Morgan fingerprint density at radius 1 is 1.29 bits per heavy atom. The third-order valence-electron chi connectivity index (χ3n) is 3.01. The van der Waals surface area contributed by atoms with E-state index in [1.54, 1.807) is 0 Å². The van der Waals surface area contributed by atoms with Crippen LogP contribution in [0, 0.1) is 0 Å². The van der Waals surface area contributed by atoms with E-state index in [2.05, 4.69) is 0 Å². The van der Waals surface area contributed by atoms with Crippen LogP contribution in [0.1, 0.15) is 40.0 Å². The molecule has 1 aliphatic rings. The Bertz CT molecular complexity index is 517. The number of hydrogen-bond donors (Lipinski definition) is 1. The van der Waals surface area contributed by atoms with Gasteiger partial charge in [0, 0.05) is 0 Å².